The molecule has 31 heavy (non-hydrogen) atoms. The van der Waals surface area contributed by atoms with Crippen molar-refractivity contribution < 1.29 is 13.2 Å². The number of para-hydroxylation sites is 2. The minimum Gasteiger partial charge on any atom is -0.384 e. The number of nitrogen functional groups attached to an aromatic ring is 1. The first-order valence-corrected chi connectivity index (χ1v) is 11.6. The molecule has 0 radical (unpaired) electrons. The molecule has 5 rings (SSSR count). The molecule has 0 unspecified atom stereocenters. The van der Waals surface area contributed by atoms with Crippen LogP contribution in [0.15, 0.2) is 64.4 Å². The summed E-state index contributed by atoms with van der Waals surface area (Å²) in [6.07, 6.45) is 1.83. The molecule has 158 valence electrons. The Kier molecular flexibility index (Phi) is 4.62. The zero-order valence-corrected chi connectivity index (χ0v) is 17.5. The Morgan fingerprint density at radius 3 is 2.35 bits per heavy atom. The molecule has 4 aromatic rings. The maximum absolute atomic E-state index is 13.5. The summed E-state index contributed by atoms with van der Waals surface area (Å²) in [5, 5.41) is 2.89. The van der Waals surface area contributed by atoms with Crippen LogP contribution in [-0.4, -0.2) is 35.4 Å². The molecule has 2 heterocycles. The van der Waals surface area contributed by atoms with E-state index in [0.29, 0.717) is 23.2 Å². The Morgan fingerprint density at radius 1 is 1.03 bits per heavy atom. The van der Waals surface area contributed by atoms with Crippen molar-refractivity contribution >= 4 is 43.8 Å². The lowest BCUT2D eigenvalue weighted by Crippen LogP contribution is -2.28. The van der Waals surface area contributed by atoms with Gasteiger partial charge in [-0.3, -0.25) is 4.79 Å². The van der Waals surface area contributed by atoms with Gasteiger partial charge in [-0.25, -0.2) is 18.4 Å². The van der Waals surface area contributed by atoms with Gasteiger partial charge >= 0.3 is 0 Å². The van der Waals surface area contributed by atoms with Crippen molar-refractivity contribution in [2.45, 2.75) is 29.2 Å². The van der Waals surface area contributed by atoms with E-state index in [0.717, 1.165) is 12.8 Å². The van der Waals surface area contributed by atoms with Gasteiger partial charge in [0.05, 0.1) is 15.9 Å². The maximum Gasteiger partial charge on any atom is 0.223 e. The van der Waals surface area contributed by atoms with E-state index in [9.17, 15) is 13.2 Å². The van der Waals surface area contributed by atoms with E-state index < -0.39 is 9.84 Å². The Morgan fingerprint density at radius 2 is 1.68 bits per heavy atom. The van der Waals surface area contributed by atoms with Crippen LogP contribution in [0.4, 0.5) is 5.82 Å². The standard InChI is InChI=1S/C22H21N5O3S/c23-20-19(31(29,30)15-6-2-1-3-7-15)18-21(26-17-9-5-4-8-16(17)25-18)27(20)13-12-24-22(28)14-10-11-14/h1-9,14H,10-13,23H2,(H,24,28). The van der Waals surface area contributed by atoms with Crippen molar-refractivity contribution in [2.24, 2.45) is 5.92 Å². The number of hydrogen-bond acceptors (Lipinski definition) is 6. The van der Waals surface area contributed by atoms with Crippen LogP contribution in [0.25, 0.3) is 22.2 Å². The molecule has 1 aliphatic carbocycles. The quantitative estimate of drug-likeness (QED) is 0.480. The van der Waals surface area contributed by atoms with Gasteiger partial charge in [0.25, 0.3) is 0 Å². The van der Waals surface area contributed by atoms with Gasteiger partial charge in [0, 0.05) is 19.0 Å². The molecule has 9 heteroatoms. The number of aromatic nitrogens is 3. The van der Waals surface area contributed by atoms with Crippen LogP contribution in [-0.2, 0) is 21.2 Å². The third kappa shape index (κ3) is 3.40. The largest absolute Gasteiger partial charge is 0.384 e. The van der Waals surface area contributed by atoms with Gasteiger partial charge in [-0.2, -0.15) is 0 Å². The zero-order chi connectivity index (χ0) is 21.6. The molecule has 1 fully saturated rings. The highest BCUT2D eigenvalue weighted by Gasteiger charge is 2.31. The van der Waals surface area contributed by atoms with Crippen molar-refractivity contribution in [1.82, 2.24) is 19.9 Å². The van der Waals surface area contributed by atoms with E-state index in [4.69, 9.17) is 5.73 Å². The molecular formula is C22H21N5O3S. The minimum absolute atomic E-state index is 0.0173. The Hall–Kier alpha value is -3.46. The fourth-order valence-corrected chi connectivity index (χ4v) is 5.21. The van der Waals surface area contributed by atoms with Gasteiger partial charge in [0.2, 0.25) is 15.7 Å². The van der Waals surface area contributed by atoms with E-state index in [1.165, 1.54) is 12.1 Å². The van der Waals surface area contributed by atoms with Crippen LogP contribution in [0.2, 0.25) is 0 Å². The van der Waals surface area contributed by atoms with Crippen LogP contribution in [0.3, 0.4) is 0 Å². The third-order valence-corrected chi connectivity index (χ3v) is 7.28. The minimum atomic E-state index is -3.92. The van der Waals surface area contributed by atoms with Crippen molar-refractivity contribution in [3.63, 3.8) is 0 Å². The van der Waals surface area contributed by atoms with Crippen LogP contribution < -0.4 is 11.1 Å². The van der Waals surface area contributed by atoms with Gasteiger partial charge in [-0.15, -0.1) is 0 Å². The predicted molar refractivity (Wildman–Crippen MR) is 117 cm³/mol. The van der Waals surface area contributed by atoms with E-state index in [1.54, 1.807) is 28.8 Å². The average molecular weight is 436 g/mol. The van der Waals surface area contributed by atoms with E-state index in [-0.39, 0.29) is 39.5 Å². The molecule has 8 nitrogen and oxygen atoms in total. The van der Waals surface area contributed by atoms with Gasteiger partial charge in [0.1, 0.15) is 16.2 Å². The number of carbonyl (C=O) groups excluding carboxylic acids is 1. The van der Waals surface area contributed by atoms with Crippen LogP contribution >= 0.6 is 0 Å². The van der Waals surface area contributed by atoms with Crippen LogP contribution in [0, 0.1) is 5.92 Å². The summed E-state index contributed by atoms with van der Waals surface area (Å²) in [5.74, 6) is 0.176. The fourth-order valence-electron chi connectivity index (χ4n) is 3.68. The number of sulfone groups is 1. The van der Waals surface area contributed by atoms with Crippen molar-refractivity contribution in [2.75, 3.05) is 12.3 Å². The van der Waals surface area contributed by atoms with E-state index >= 15 is 0 Å². The fraction of sp³-hybridized carbons (Fsp3) is 0.227. The average Bonchev–Trinajstić information content (AvgIpc) is 3.59. The van der Waals surface area contributed by atoms with E-state index in [2.05, 4.69) is 15.3 Å². The third-order valence-electron chi connectivity index (χ3n) is 5.45. The summed E-state index contributed by atoms with van der Waals surface area (Å²) in [5.41, 5.74) is 8.21. The van der Waals surface area contributed by atoms with Crippen molar-refractivity contribution in [1.29, 1.82) is 0 Å². The summed E-state index contributed by atoms with van der Waals surface area (Å²) in [6, 6.07) is 15.4. The normalized spacial score (nSPS) is 14.2. The first kappa shape index (κ1) is 19.5. The molecule has 0 bridgehead atoms. The second-order valence-electron chi connectivity index (χ2n) is 7.63. The Balaban J connectivity index is 1.66. The summed E-state index contributed by atoms with van der Waals surface area (Å²) in [4.78, 5) is 21.3. The lowest BCUT2D eigenvalue weighted by molar-refractivity contribution is -0.122. The molecular weight excluding hydrogens is 414 g/mol. The highest BCUT2D eigenvalue weighted by molar-refractivity contribution is 7.92. The molecule has 1 aliphatic rings. The van der Waals surface area contributed by atoms with Crippen LogP contribution in [0.5, 0.6) is 0 Å². The number of benzene rings is 2. The lowest BCUT2D eigenvalue weighted by atomic mass is 10.3. The number of nitrogens with zero attached hydrogens (tertiary/aromatic N) is 3. The topological polar surface area (TPSA) is 120 Å². The molecule has 0 atom stereocenters. The summed E-state index contributed by atoms with van der Waals surface area (Å²) < 4.78 is 28.6. The Labute approximate surface area is 179 Å². The number of nitrogens with one attached hydrogen (secondary N) is 1. The predicted octanol–water partition coefficient (Wildman–Crippen LogP) is 2.53. The number of hydrogen-bond donors (Lipinski definition) is 2. The van der Waals surface area contributed by atoms with Gasteiger partial charge in [-0.1, -0.05) is 30.3 Å². The summed E-state index contributed by atoms with van der Waals surface area (Å²) in [7, 11) is -3.92. The first-order valence-electron chi connectivity index (χ1n) is 10.1. The molecule has 1 saturated carbocycles. The highest BCUT2D eigenvalue weighted by atomic mass is 32.2. The van der Waals surface area contributed by atoms with Gasteiger partial charge < -0.3 is 15.6 Å². The molecule has 1 amide bonds. The number of nitrogens with two attached hydrogens (primary N) is 1. The number of rotatable bonds is 6. The second-order valence-corrected chi connectivity index (χ2v) is 9.52. The summed E-state index contributed by atoms with van der Waals surface area (Å²) in [6.45, 7) is 0.612. The molecule has 3 N–H and O–H groups in total. The molecule has 0 spiro atoms. The lowest BCUT2D eigenvalue weighted by Gasteiger charge is -2.09. The number of fused-ring (bicyclic) bond motifs is 2. The molecule has 0 aliphatic heterocycles. The molecule has 2 aromatic heterocycles. The molecule has 2 aromatic carbocycles. The Bertz CT molecular complexity index is 1410. The van der Waals surface area contributed by atoms with Gasteiger partial charge in [0.15, 0.2) is 5.65 Å². The van der Waals surface area contributed by atoms with Crippen molar-refractivity contribution in [3.05, 3.63) is 54.6 Å². The van der Waals surface area contributed by atoms with Gasteiger partial charge in [-0.05, 0) is 37.1 Å². The smallest absolute Gasteiger partial charge is 0.223 e. The zero-order valence-electron chi connectivity index (χ0n) is 16.7. The number of anilines is 1. The molecule has 0 saturated heterocycles. The SMILES string of the molecule is Nc1c(S(=O)(=O)c2ccccc2)c2nc3ccccc3nc2n1CCNC(=O)C1CC1. The monoisotopic (exact) mass is 435 g/mol. The first-order chi connectivity index (χ1) is 15.0. The maximum atomic E-state index is 13.5. The van der Waals surface area contributed by atoms with Crippen molar-refractivity contribution in [3.8, 4) is 0 Å². The van der Waals surface area contributed by atoms with Crippen LogP contribution in [0.1, 0.15) is 12.8 Å². The number of amides is 1. The second kappa shape index (κ2) is 7.35. The highest BCUT2D eigenvalue weighted by Crippen LogP contribution is 2.35. The van der Waals surface area contributed by atoms with E-state index in [1.807, 2.05) is 18.2 Å². The summed E-state index contributed by atoms with van der Waals surface area (Å²) >= 11 is 0. The number of carbonyl (C=O) groups is 1.